The van der Waals surface area contributed by atoms with Crippen LogP contribution < -0.4 is 9.47 Å². The molecule has 0 aliphatic heterocycles. The fourth-order valence-electron chi connectivity index (χ4n) is 2.03. The predicted octanol–water partition coefficient (Wildman–Crippen LogP) is 4.47. The van der Waals surface area contributed by atoms with Crippen LogP contribution in [0.25, 0.3) is 10.8 Å². The second-order valence-corrected chi connectivity index (χ2v) is 4.71. The Morgan fingerprint density at radius 2 is 1.71 bits per heavy atom. The van der Waals surface area contributed by atoms with Crippen LogP contribution in [0.5, 0.6) is 17.4 Å². The third kappa shape index (κ3) is 2.90. The lowest BCUT2D eigenvalue weighted by Crippen LogP contribution is -1.95. The van der Waals surface area contributed by atoms with Crippen molar-refractivity contribution >= 4 is 22.4 Å². The zero-order valence-electron chi connectivity index (χ0n) is 11.4. The van der Waals surface area contributed by atoms with Crippen molar-refractivity contribution in [1.29, 1.82) is 0 Å². The second kappa shape index (κ2) is 5.97. The van der Waals surface area contributed by atoms with Gasteiger partial charge in [-0.3, -0.25) is 0 Å². The first-order valence-corrected chi connectivity index (χ1v) is 6.97. The summed E-state index contributed by atoms with van der Waals surface area (Å²) in [5, 5.41) is 9.94. The Morgan fingerprint density at radius 3 is 2.52 bits per heavy atom. The first kappa shape index (κ1) is 13.6. The van der Waals surface area contributed by atoms with Crippen molar-refractivity contribution in [3.63, 3.8) is 0 Å². The maximum atomic E-state index is 6.05. The van der Waals surface area contributed by atoms with Crippen molar-refractivity contribution in [3.05, 3.63) is 53.7 Å². The molecule has 0 radical (unpaired) electrons. The van der Waals surface area contributed by atoms with Crippen LogP contribution in [0, 0.1) is 0 Å². The number of benzene rings is 2. The van der Waals surface area contributed by atoms with Gasteiger partial charge in [0.05, 0.1) is 6.61 Å². The van der Waals surface area contributed by atoms with Gasteiger partial charge in [-0.15, -0.1) is 10.2 Å². The van der Waals surface area contributed by atoms with Gasteiger partial charge in [-0.25, -0.2) is 0 Å². The van der Waals surface area contributed by atoms with Crippen molar-refractivity contribution in [2.45, 2.75) is 6.92 Å². The van der Waals surface area contributed by atoms with Crippen molar-refractivity contribution in [2.75, 3.05) is 6.61 Å². The zero-order valence-corrected chi connectivity index (χ0v) is 12.2. The van der Waals surface area contributed by atoms with Crippen LogP contribution in [0.1, 0.15) is 6.92 Å². The molecule has 2 aromatic carbocycles. The lowest BCUT2D eigenvalue weighted by atomic mass is 10.2. The molecule has 5 heteroatoms. The van der Waals surface area contributed by atoms with E-state index >= 15 is 0 Å². The monoisotopic (exact) mass is 300 g/mol. The fraction of sp³-hybridized carbons (Fsp3) is 0.125. The molecule has 0 atom stereocenters. The number of nitrogens with zero attached hydrogens (tertiary/aromatic N) is 2. The minimum absolute atomic E-state index is 0.362. The molecule has 0 N–H and O–H groups in total. The van der Waals surface area contributed by atoms with Gasteiger partial charge in [0.15, 0.2) is 5.15 Å². The second-order valence-electron chi connectivity index (χ2n) is 4.35. The number of hydrogen-bond acceptors (Lipinski definition) is 4. The molecule has 3 aromatic rings. The molecule has 1 aromatic heterocycles. The SMILES string of the molecule is CCOc1cccc(Oc2nnc(Cl)c3ccccc23)c1. The van der Waals surface area contributed by atoms with Crippen LogP contribution in [0.4, 0.5) is 0 Å². The molecule has 0 aliphatic rings. The molecule has 0 unspecified atom stereocenters. The normalized spacial score (nSPS) is 10.6. The fourth-order valence-corrected chi connectivity index (χ4v) is 2.23. The smallest absolute Gasteiger partial charge is 0.246 e. The summed E-state index contributed by atoms with van der Waals surface area (Å²) in [4.78, 5) is 0. The molecule has 4 nitrogen and oxygen atoms in total. The molecule has 0 amide bonds. The molecular weight excluding hydrogens is 288 g/mol. The number of halogens is 1. The minimum atomic E-state index is 0.362. The summed E-state index contributed by atoms with van der Waals surface area (Å²) in [5.41, 5.74) is 0. The molecule has 106 valence electrons. The lowest BCUT2D eigenvalue weighted by molar-refractivity contribution is 0.338. The molecule has 0 aliphatic carbocycles. The number of ether oxygens (including phenoxy) is 2. The van der Waals surface area contributed by atoms with Crippen LogP contribution in [-0.4, -0.2) is 16.8 Å². The van der Waals surface area contributed by atoms with Gasteiger partial charge in [-0.05, 0) is 25.1 Å². The third-order valence-corrected chi connectivity index (χ3v) is 3.22. The molecule has 0 saturated heterocycles. The first-order valence-electron chi connectivity index (χ1n) is 6.59. The zero-order chi connectivity index (χ0) is 14.7. The molecular formula is C16H13ClN2O2. The average Bonchev–Trinajstić information content (AvgIpc) is 2.51. The van der Waals surface area contributed by atoms with Crippen LogP contribution >= 0.6 is 11.6 Å². The van der Waals surface area contributed by atoms with E-state index in [4.69, 9.17) is 21.1 Å². The number of hydrogen-bond donors (Lipinski definition) is 0. The molecule has 0 saturated carbocycles. The number of aromatic nitrogens is 2. The van der Waals surface area contributed by atoms with Gasteiger partial charge < -0.3 is 9.47 Å². The minimum Gasteiger partial charge on any atom is -0.494 e. The number of rotatable bonds is 4. The Balaban J connectivity index is 1.98. The molecule has 0 bridgehead atoms. The van der Waals surface area contributed by atoms with Crippen LogP contribution in [0.3, 0.4) is 0 Å². The Kier molecular flexibility index (Phi) is 3.88. The van der Waals surface area contributed by atoms with E-state index < -0.39 is 0 Å². The summed E-state index contributed by atoms with van der Waals surface area (Å²) in [6.45, 7) is 2.54. The van der Waals surface area contributed by atoms with E-state index in [1.165, 1.54) is 0 Å². The maximum Gasteiger partial charge on any atom is 0.246 e. The van der Waals surface area contributed by atoms with E-state index in [9.17, 15) is 0 Å². The van der Waals surface area contributed by atoms with E-state index in [2.05, 4.69) is 10.2 Å². The van der Waals surface area contributed by atoms with E-state index in [0.717, 1.165) is 16.5 Å². The van der Waals surface area contributed by atoms with E-state index in [1.807, 2.05) is 55.5 Å². The Bertz CT molecular complexity index is 777. The van der Waals surface area contributed by atoms with Gasteiger partial charge in [0.1, 0.15) is 11.5 Å². The van der Waals surface area contributed by atoms with Gasteiger partial charge in [0.2, 0.25) is 5.88 Å². The first-order chi connectivity index (χ1) is 10.3. The molecule has 3 rings (SSSR count). The highest BCUT2D eigenvalue weighted by Gasteiger charge is 2.09. The summed E-state index contributed by atoms with van der Waals surface area (Å²) in [6, 6.07) is 15.0. The van der Waals surface area contributed by atoms with Crippen LogP contribution in [0.2, 0.25) is 5.15 Å². The number of fused-ring (bicyclic) bond motifs is 1. The average molecular weight is 301 g/mol. The third-order valence-electron chi connectivity index (χ3n) is 2.94. The highest BCUT2D eigenvalue weighted by atomic mass is 35.5. The predicted molar refractivity (Wildman–Crippen MR) is 82.2 cm³/mol. The standard InChI is InChI=1S/C16H13ClN2O2/c1-2-20-11-6-5-7-12(10-11)21-16-14-9-4-3-8-13(14)15(17)18-19-16/h3-10H,2H2,1H3. The van der Waals surface area contributed by atoms with Crippen molar-refractivity contribution in [3.8, 4) is 17.4 Å². The quantitative estimate of drug-likeness (QED) is 0.713. The summed E-state index contributed by atoms with van der Waals surface area (Å²) in [6.07, 6.45) is 0. The van der Waals surface area contributed by atoms with Crippen molar-refractivity contribution < 1.29 is 9.47 Å². The van der Waals surface area contributed by atoms with Crippen molar-refractivity contribution in [2.24, 2.45) is 0 Å². The van der Waals surface area contributed by atoms with E-state index in [0.29, 0.717) is 23.4 Å². The van der Waals surface area contributed by atoms with Gasteiger partial charge >= 0.3 is 0 Å². The van der Waals surface area contributed by atoms with Gasteiger partial charge in [-0.2, -0.15) is 0 Å². The highest BCUT2D eigenvalue weighted by molar-refractivity contribution is 6.34. The van der Waals surface area contributed by atoms with Crippen LogP contribution in [0.15, 0.2) is 48.5 Å². The molecule has 0 fully saturated rings. The van der Waals surface area contributed by atoms with Crippen LogP contribution in [-0.2, 0) is 0 Å². The Hall–Kier alpha value is -2.33. The molecule has 0 spiro atoms. The molecule has 21 heavy (non-hydrogen) atoms. The largest absolute Gasteiger partial charge is 0.494 e. The van der Waals surface area contributed by atoms with Crippen molar-refractivity contribution in [1.82, 2.24) is 10.2 Å². The highest BCUT2D eigenvalue weighted by Crippen LogP contribution is 2.31. The maximum absolute atomic E-state index is 6.05. The summed E-state index contributed by atoms with van der Waals surface area (Å²) >= 11 is 6.05. The van der Waals surface area contributed by atoms with E-state index in [-0.39, 0.29) is 0 Å². The van der Waals surface area contributed by atoms with Gasteiger partial charge in [0, 0.05) is 16.8 Å². The Labute approximate surface area is 127 Å². The summed E-state index contributed by atoms with van der Waals surface area (Å²) in [7, 11) is 0. The van der Waals surface area contributed by atoms with Gasteiger partial charge in [-0.1, -0.05) is 35.9 Å². The van der Waals surface area contributed by atoms with Gasteiger partial charge in [0.25, 0.3) is 0 Å². The van der Waals surface area contributed by atoms with E-state index in [1.54, 1.807) is 0 Å². The topological polar surface area (TPSA) is 44.2 Å². The summed E-state index contributed by atoms with van der Waals surface area (Å²) in [5.74, 6) is 1.81. The summed E-state index contributed by atoms with van der Waals surface area (Å²) < 4.78 is 11.3. The Morgan fingerprint density at radius 1 is 0.952 bits per heavy atom. The lowest BCUT2D eigenvalue weighted by Gasteiger charge is -2.09. The molecule has 1 heterocycles.